The van der Waals surface area contributed by atoms with Crippen molar-refractivity contribution in [2.24, 2.45) is 0 Å². The van der Waals surface area contributed by atoms with E-state index in [1.165, 1.54) is 72.3 Å². The van der Waals surface area contributed by atoms with Crippen molar-refractivity contribution in [3.05, 3.63) is 248 Å². The molecule has 0 fully saturated rings. The largest absolute Gasteiger partial charge is 0.456 e. The Hall–Kier alpha value is -8.20. The van der Waals surface area contributed by atoms with E-state index in [-0.39, 0.29) is 5.41 Å². The van der Waals surface area contributed by atoms with Crippen molar-refractivity contribution < 1.29 is 4.42 Å². The Morgan fingerprint density at radius 1 is 0.292 bits per heavy atom. The van der Waals surface area contributed by atoms with Gasteiger partial charge in [0.1, 0.15) is 11.2 Å². The summed E-state index contributed by atoms with van der Waals surface area (Å²) in [5.74, 6) is 0. The normalized spacial score (nSPS) is 12.6. The molecule has 65 heavy (non-hydrogen) atoms. The summed E-state index contributed by atoms with van der Waals surface area (Å²) in [5.41, 5.74) is 22.2. The number of furan rings is 1. The molecule has 11 aromatic rings. The molecule has 2 nitrogen and oxygen atoms in total. The summed E-state index contributed by atoms with van der Waals surface area (Å²) in [6.45, 7) is 4.74. The van der Waals surface area contributed by atoms with Crippen LogP contribution in [0.2, 0.25) is 0 Å². The van der Waals surface area contributed by atoms with Gasteiger partial charge >= 0.3 is 0 Å². The van der Waals surface area contributed by atoms with Gasteiger partial charge in [-0.25, -0.2) is 0 Å². The summed E-state index contributed by atoms with van der Waals surface area (Å²) >= 11 is 0. The van der Waals surface area contributed by atoms with E-state index in [0.717, 1.165) is 44.6 Å². The van der Waals surface area contributed by atoms with Crippen LogP contribution in [0.1, 0.15) is 25.0 Å². The molecule has 0 aliphatic heterocycles. The number of nitrogens with zero attached hydrogens (tertiary/aromatic N) is 1. The van der Waals surface area contributed by atoms with Gasteiger partial charge in [-0.1, -0.05) is 190 Å². The maximum Gasteiger partial charge on any atom is 0.136 e. The first-order valence-electron chi connectivity index (χ1n) is 22.5. The standard InChI is InChI=1S/C63H45NO/c1-63(2)59-39-46(47-30-37-58-57-23-13-14-24-61(57)65-62(58)40-47)29-36-55(59)56-38-35-50(41-60(56)63)64(48-31-25-44(26-32-48)53-21-11-9-19-51(53)42-15-5-3-6-16-42)49-33-27-45(28-34-49)54-22-12-10-20-52(54)43-17-7-4-8-18-43/h3-41H,1-2H3. The van der Waals surface area contributed by atoms with Gasteiger partial charge < -0.3 is 9.32 Å². The van der Waals surface area contributed by atoms with E-state index in [0.29, 0.717) is 0 Å². The van der Waals surface area contributed by atoms with Crippen molar-refractivity contribution in [3.8, 4) is 66.8 Å². The lowest BCUT2D eigenvalue weighted by Gasteiger charge is -2.28. The summed E-state index contributed by atoms with van der Waals surface area (Å²) < 4.78 is 6.31. The van der Waals surface area contributed by atoms with Gasteiger partial charge in [0, 0.05) is 33.2 Å². The predicted molar refractivity (Wildman–Crippen MR) is 273 cm³/mol. The topological polar surface area (TPSA) is 16.4 Å². The van der Waals surface area contributed by atoms with Crippen LogP contribution in [0.5, 0.6) is 0 Å². The van der Waals surface area contributed by atoms with Crippen LogP contribution >= 0.6 is 0 Å². The summed E-state index contributed by atoms with van der Waals surface area (Å²) in [6, 6.07) is 85.8. The number of fused-ring (bicyclic) bond motifs is 6. The van der Waals surface area contributed by atoms with Crippen LogP contribution in [0.25, 0.3) is 88.7 Å². The predicted octanol–water partition coefficient (Wildman–Crippen LogP) is 17.7. The Kier molecular flexibility index (Phi) is 9.21. The second-order valence-electron chi connectivity index (χ2n) is 17.7. The molecule has 0 saturated heterocycles. The zero-order valence-corrected chi connectivity index (χ0v) is 36.4. The van der Waals surface area contributed by atoms with Crippen LogP contribution in [0.15, 0.2) is 241 Å². The minimum atomic E-state index is -0.234. The SMILES string of the molecule is CC1(C)c2cc(-c3ccc4c(c3)oc3ccccc34)ccc2-c2ccc(N(c3ccc(-c4ccccc4-c4ccccc4)cc3)c3ccc(-c4ccccc4-c4ccccc4)cc3)cc21. The Bertz CT molecular complexity index is 3420. The van der Waals surface area contributed by atoms with Crippen molar-refractivity contribution in [1.82, 2.24) is 0 Å². The van der Waals surface area contributed by atoms with Gasteiger partial charge in [0.2, 0.25) is 0 Å². The van der Waals surface area contributed by atoms with Crippen molar-refractivity contribution in [1.29, 1.82) is 0 Å². The highest BCUT2D eigenvalue weighted by molar-refractivity contribution is 6.06. The van der Waals surface area contributed by atoms with Gasteiger partial charge in [0.15, 0.2) is 0 Å². The molecular weight excluding hydrogens is 787 g/mol. The Balaban J connectivity index is 0.939. The van der Waals surface area contributed by atoms with E-state index in [9.17, 15) is 0 Å². The molecule has 0 unspecified atom stereocenters. The fraction of sp³-hybridized carbons (Fsp3) is 0.0476. The number of para-hydroxylation sites is 1. The summed E-state index contributed by atoms with van der Waals surface area (Å²) in [7, 11) is 0. The molecule has 12 rings (SSSR count). The van der Waals surface area contributed by atoms with Gasteiger partial charge in [0.05, 0.1) is 0 Å². The molecular formula is C63H45NO. The fourth-order valence-electron chi connectivity index (χ4n) is 10.2. The third-order valence-electron chi connectivity index (χ3n) is 13.5. The van der Waals surface area contributed by atoms with Gasteiger partial charge in [-0.15, -0.1) is 0 Å². The molecule has 308 valence electrons. The average Bonchev–Trinajstić information content (AvgIpc) is 3.85. The number of benzene rings is 10. The second kappa shape index (κ2) is 15.6. The molecule has 2 heteroatoms. The van der Waals surface area contributed by atoms with E-state index in [1.54, 1.807) is 0 Å². The zero-order chi connectivity index (χ0) is 43.5. The first-order chi connectivity index (χ1) is 32.0. The molecule has 0 saturated carbocycles. The van der Waals surface area contributed by atoms with E-state index in [1.807, 2.05) is 12.1 Å². The monoisotopic (exact) mass is 831 g/mol. The zero-order valence-electron chi connectivity index (χ0n) is 36.4. The van der Waals surface area contributed by atoms with Crippen LogP contribution in [0.4, 0.5) is 17.1 Å². The molecule has 1 heterocycles. The Labute approximate surface area is 380 Å². The lowest BCUT2D eigenvalue weighted by Crippen LogP contribution is -2.16. The maximum atomic E-state index is 6.31. The molecule has 0 amide bonds. The van der Waals surface area contributed by atoms with Crippen molar-refractivity contribution in [2.75, 3.05) is 4.90 Å². The molecule has 0 bridgehead atoms. The van der Waals surface area contributed by atoms with Gasteiger partial charge in [-0.2, -0.15) is 0 Å². The summed E-state index contributed by atoms with van der Waals surface area (Å²) in [4.78, 5) is 2.41. The average molecular weight is 832 g/mol. The maximum absolute atomic E-state index is 6.31. The first-order valence-corrected chi connectivity index (χ1v) is 22.5. The molecule has 1 aromatic heterocycles. The quantitative estimate of drug-likeness (QED) is 0.152. The number of hydrogen-bond acceptors (Lipinski definition) is 2. The highest BCUT2D eigenvalue weighted by Crippen LogP contribution is 2.52. The highest BCUT2D eigenvalue weighted by Gasteiger charge is 2.36. The summed E-state index contributed by atoms with van der Waals surface area (Å²) in [6.07, 6.45) is 0. The lowest BCUT2D eigenvalue weighted by molar-refractivity contribution is 0.660. The second-order valence-corrected chi connectivity index (χ2v) is 17.7. The third-order valence-corrected chi connectivity index (χ3v) is 13.5. The van der Waals surface area contributed by atoms with E-state index in [4.69, 9.17) is 4.42 Å². The van der Waals surface area contributed by atoms with Crippen LogP contribution < -0.4 is 4.90 Å². The molecule has 0 spiro atoms. The van der Waals surface area contributed by atoms with E-state index >= 15 is 0 Å². The number of anilines is 3. The van der Waals surface area contributed by atoms with Crippen LogP contribution in [0, 0.1) is 0 Å². The minimum Gasteiger partial charge on any atom is -0.456 e. The van der Waals surface area contributed by atoms with E-state index < -0.39 is 0 Å². The number of hydrogen-bond donors (Lipinski definition) is 0. The molecule has 0 radical (unpaired) electrons. The molecule has 10 aromatic carbocycles. The van der Waals surface area contributed by atoms with Crippen molar-refractivity contribution in [3.63, 3.8) is 0 Å². The minimum absolute atomic E-state index is 0.234. The lowest BCUT2D eigenvalue weighted by atomic mass is 9.81. The Morgan fingerprint density at radius 3 is 1.26 bits per heavy atom. The van der Waals surface area contributed by atoms with Crippen LogP contribution in [-0.2, 0) is 5.41 Å². The third kappa shape index (κ3) is 6.65. The van der Waals surface area contributed by atoms with E-state index in [2.05, 4.69) is 243 Å². The first kappa shape index (κ1) is 38.5. The van der Waals surface area contributed by atoms with Gasteiger partial charge in [0.25, 0.3) is 0 Å². The smallest absolute Gasteiger partial charge is 0.136 e. The van der Waals surface area contributed by atoms with Gasteiger partial charge in [-0.3, -0.25) is 0 Å². The van der Waals surface area contributed by atoms with Crippen molar-refractivity contribution >= 4 is 39.0 Å². The van der Waals surface area contributed by atoms with Gasteiger partial charge in [-0.05, 0) is 139 Å². The Morgan fingerprint density at radius 2 is 0.692 bits per heavy atom. The van der Waals surface area contributed by atoms with Crippen LogP contribution in [0.3, 0.4) is 0 Å². The molecule has 0 atom stereocenters. The molecule has 1 aliphatic rings. The fourth-order valence-corrected chi connectivity index (χ4v) is 10.2. The number of rotatable bonds is 8. The molecule has 1 aliphatic carbocycles. The highest BCUT2D eigenvalue weighted by atomic mass is 16.3. The van der Waals surface area contributed by atoms with Crippen LogP contribution in [-0.4, -0.2) is 0 Å². The summed E-state index contributed by atoms with van der Waals surface area (Å²) in [5, 5.41) is 2.30. The van der Waals surface area contributed by atoms with Crippen molar-refractivity contribution in [2.45, 2.75) is 19.3 Å². The molecule has 0 N–H and O–H groups in total.